The second-order valence-corrected chi connectivity index (χ2v) is 6.42. The second kappa shape index (κ2) is 7.47. The number of benzene rings is 2. The number of thioether (sulfide) groups is 1. The van der Waals surface area contributed by atoms with E-state index in [1.165, 1.54) is 0 Å². The van der Waals surface area contributed by atoms with Gasteiger partial charge in [0, 0.05) is 17.9 Å². The van der Waals surface area contributed by atoms with Gasteiger partial charge in [-0.25, -0.2) is 0 Å². The van der Waals surface area contributed by atoms with Crippen molar-refractivity contribution in [2.75, 3.05) is 18.6 Å². The molecule has 0 aromatic heterocycles. The summed E-state index contributed by atoms with van der Waals surface area (Å²) in [6, 6.07) is 17.5. The third kappa shape index (κ3) is 4.61. The number of amides is 1. The van der Waals surface area contributed by atoms with E-state index in [1.54, 1.807) is 30.8 Å². The molecule has 0 spiro atoms. The molecule has 2 aromatic rings. The molecule has 0 saturated carbocycles. The van der Waals surface area contributed by atoms with Crippen LogP contribution in [0.25, 0.3) is 11.1 Å². The molecule has 2 rings (SSSR count). The normalized spacial score (nSPS) is 13.4. The third-order valence-electron chi connectivity index (χ3n) is 3.34. The Morgan fingerprint density at radius 1 is 1.09 bits per heavy atom. The minimum atomic E-state index is -0.890. The lowest BCUT2D eigenvalue weighted by Crippen LogP contribution is -2.42. The van der Waals surface area contributed by atoms with Gasteiger partial charge in [0.15, 0.2) is 0 Å². The topological polar surface area (TPSA) is 49.3 Å². The summed E-state index contributed by atoms with van der Waals surface area (Å²) in [6.07, 6.45) is 1.93. The number of hydrogen-bond donors (Lipinski definition) is 2. The van der Waals surface area contributed by atoms with E-state index in [1.807, 2.05) is 48.7 Å². The molecule has 22 heavy (non-hydrogen) atoms. The maximum absolute atomic E-state index is 12.1. The van der Waals surface area contributed by atoms with Gasteiger partial charge in [-0.1, -0.05) is 42.5 Å². The molecule has 0 bridgehead atoms. The van der Waals surface area contributed by atoms with Gasteiger partial charge in [0.2, 0.25) is 0 Å². The maximum Gasteiger partial charge on any atom is 0.251 e. The molecule has 3 nitrogen and oxygen atoms in total. The summed E-state index contributed by atoms with van der Waals surface area (Å²) in [4.78, 5) is 12.1. The van der Waals surface area contributed by atoms with E-state index in [0.717, 1.165) is 11.1 Å². The molecule has 0 aliphatic carbocycles. The first-order valence-corrected chi connectivity index (χ1v) is 8.56. The Balaban J connectivity index is 2.00. The highest BCUT2D eigenvalue weighted by atomic mass is 32.2. The van der Waals surface area contributed by atoms with Crippen LogP contribution in [0.15, 0.2) is 54.6 Å². The lowest BCUT2D eigenvalue weighted by Gasteiger charge is -2.22. The lowest BCUT2D eigenvalue weighted by atomic mass is 10.0. The van der Waals surface area contributed by atoms with E-state index in [9.17, 15) is 9.90 Å². The Morgan fingerprint density at radius 2 is 1.68 bits per heavy atom. The van der Waals surface area contributed by atoms with E-state index >= 15 is 0 Å². The molecule has 1 amide bonds. The average Bonchev–Trinajstić information content (AvgIpc) is 2.54. The molecule has 4 heteroatoms. The van der Waals surface area contributed by atoms with Gasteiger partial charge >= 0.3 is 0 Å². The predicted octanol–water partition coefficient (Wildman–Crippen LogP) is 3.20. The van der Waals surface area contributed by atoms with Gasteiger partial charge < -0.3 is 10.4 Å². The third-order valence-corrected chi connectivity index (χ3v) is 4.25. The summed E-state index contributed by atoms with van der Waals surface area (Å²) < 4.78 is 0. The summed E-state index contributed by atoms with van der Waals surface area (Å²) in [5, 5.41) is 12.8. The molecule has 0 saturated heterocycles. The molecule has 116 valence electrons. The standard InChI is InChI=1S/C18H21NO2S/c1-18(21,13-22-2)12-19-17(20)16-10-8-15(9-11-16)14-6-4-3-5-7-14/h3-11,21H,12-13H2,1-2H3,(H,19,20). The van der Waals surface area contributed by atoms with Crippen molar-refractivity contribution in [3.8, 4) is 11.1 Å². The SMILES string of the molecule is CSCC(C)(O)CNC(=O)c1ccc(-c2ccccc2)cc1. The van der Waals surface area contributed by atoms with Crippen LogP contribution in [0.2, 0.25) is 0 Å². The van der Waals surface area contributed by atoms with Gasteiger partial charge in [0.1, 0.15) is 0 Å². The summed E-state index contributed by atoms with van der Waals surface area (Å²) in [5.41, 5.74) is 1.91. The average molecular weight is 315 g/mol. The summed E-state index contributed by atoms with van der Waals surface area (Å²) in [6.45, 7) is 1.97. The number of carbonyl (C=O) groups excluding carboxylic acids is 1. The number of nitrogens with one attached hydrogen (secondary N) is 1. The van der Waals surface area contributed by atoms with Crippen LogP contribution in [0.3, 0.4) is 0 Å². The molecular weight excluding hydrogens is 294 g/mol. The first kappa shape index (κ1) is 16.6. The van der Waals surface area contributed by atoms with Crippen LogP contribution in [0.5, 0.6) is 0 Å². The van der Waals surface area contributed by atoms with Crippen molar-refractivity contribution in [3.05, 3.63) is 60.2 Å². The van der Waals surface area contributed by atoms with E-state index in [4.69, 9.17) is 0 Å². The van der Waals surface area contributed by atoms with Crippen LogP contribution in [-0.2, 0) is 0 Å². The molecule has 1 atom stereocenters. The highest BCUT2D eigenvalue weighted by Crippen LogP contribution is 2.19. The van der Waals surface area contributed by atoms with Gasteiger partial charge in [-0.05, 0) is 36.4 Å². The zero-order valence-corrected chi connectivity index (χ0v) is 13.7. The van der Waals surface area contributed by atoms with E-state index < -0.39 is 5.60 Å². The fourth-order valence-electron chi connectivity index (χ4n) is 2.18. The Labute approximate surface area is 135 Å². The van der Waals surface area contributed by atoms with Crippen molar-refractivity contribution in [2.24, 2.45) is 0 Å². The zero-order valence-electron chi connectivity index (χ0n) is 12.9. The van der Waals surface area contributed by atoms with Crippen molar-refractivity contribution in [1.29, 1.82) is 0 Å². The molecule has 2 N–H and O–H groups in total. The Morgan fingerprint density at radius 3 is 2.27 bits per heavy atom. The van der Waals surface area contributed by atoms with E-state index in [0.29, 0.717) is 11.3 Å². The van der Waals surface area contributed by atoms with Crippen molar-refractivity contribution in [3.63, 3.8) is 0 Å². The lowest BCUT2D eigenvalue weighted by molar-refractivity contribution is 0.0725. The van der Waals surface area contributed by atoms with Gasteiger partial charge in [0.25, 0.3) is 5.91 Å². The van der Waals surface area contributed by atoms with Crippen LogP contribution in [0, 0.1) is 0 Å². The minimum absolute atomic E-state index is 0.166. The number of carbonyl (C=O) groups is 1. The van der Waals surface area contributed by atoms with E-state index in [-0.39, 0.29) is 12.5 Å². The van der Waals surface area contributed by atoms with Crippen LogP contribution >= 0.6 is 11.8 Å². The Bertz CT molecular complexity index is 609. The molecule has 0 radical (unpaired) electrons. The maximum atomic E-state index is 12.1. The molecule has 0 fully saturated rings. The van der Waals surface area contributed by atoms with Gasteiger partial charge in [0.05, 0.1) is 5.60 Å². The summed E-state index contributed by atoms with van der Waals surface area (Å²) in [7, 11) is 0. The number of aliphatic hydroxyl groups is 1. The van der Waals surface area contributed by atoms with Gasteiger partial charge in [-0.3, -0.25) is 4.79 Å². The smallest absolute Gasteiger partial charge is 0.251 e. The fraction of sp³-hybridized carbons (Fsp3) is 0.278. The van der Waals surface area contributed by atoms with Crippen LogP contribution in [0.1, 0.15) is 17.3 Å². The van der Waals surface area contributed by atoms with Gasteiger partial charge in [-0.15, -0.1) is 0 Å². The first-order valence-electron chi connectivity index (χ1n) is 7.17. The van der Waals surface area contributed by atoms with Crippen molar-refractivity contribution >= 4 is 17.7 Å². The Hall–Kier alpha value is -1.78. The van der Waals surface area contributed by atoms with Gasteiger partial charge in [-0.2, -0.15) is 11.8 Å². The van der Waals surface area contributed by atoms with Crippen molar-refractivity contribution in [2.45, 2.75) is 12.5 Å². The molecule has 0 aliphatic rings. The Kier molecular flexibility index (Phi) is 5.63. The molecule has 2 aromatic carbocycles. The predicted molar refractivity (Wildman–Crippen MR) is 93.2 cm³/mol. The van der Waals surface area contributed by atoms with Crippen LogP contribution < -0.4 is 5.32 Å². The van der Waals surface area contributed by atoms with Crippen molar-refractivity contribution < 1.29 is 9.90 Å². The van der Waals surface area contributed by atoms with Crippen LogP contribution in [0.4, 0.5) is 0 Å². The summed E-state index contributed by atoms with van der Waals surface area (Å²) in [5.74, 6) is 0.418. The highest BCUT2D eigenvalue weighted by molar-refractivity contribution is 7.98. The first-order chi connectivity index (χ1) is 10.5. The quantitative estimate of drug-likeness (QED) is 0.860. The largest absolute Gasteiger partial charge is 0.387 e. The molecule has 0 aliphatic heterocycles. The molecule has 1 unspecified atom stereocenters. The number of rotatable bonds is 6. The zero-order chi connectivity index (χ0) is 16.0. The van der Waals surface area contributed by atoms with Crippen LogP contribution in [-0.4, -0.2) is 35.2 Å². The minimum Gasteiger partial charge on any atom is -0.387 e. The monoisotopic (exact) mass is 315 g/mol. The van der Waals surface area contributed by atoms with Crippen molar-refractivity contribution in [1.82, 2.24) is 5.32 Å². The second-order valence-electron chi connectivity index (χ2n) is 5.56. The molecular formula is C18H21NO2S. The number of hydrogen-bond acceptors (Lipinski definition) is 3. The fourth-order valence-corrected chi connectivity index (χ4v) is 2.90. The highest BCUT2D eigenvalue weighted by Gasteiger charge is 2.20. The summed E-state index contributed by atoms with van der Waals surface area (Å²) >= 11 is 1.55. The van der Waals surface area contributed by atoms with E-state index in [2.05, 4.69) is 5.32 Å². The molecule has 0 heterocycles.